The Kier molecular flexibility index (Phi) is 13.4. The fourth-order valence-electron chi connectivity index (χ4n) is 3.57. The van der Waals surface area contributed by atoms with Gasteiger partial charge in [-0.3, -0.25) is 0 Å². The number of hydrogen-bond donors (Lipinski definition) is 0. The smallest absolute Gasteiger partial charge is 0.124 e. The number of unbranched alkanes of at least 4 members (excludes halogenated alkanes) is 2. The molecule has 2 atom stereocenters. The number of rotatable bonds is 16. The Labute approximate surface area is 184 Å². The summed E-state index contributed by atoms with van der Waals surface area (Å²) in [5.74, 6) is 2.47. The summed E-state index contributed by atoms with van der Waals surface area (Å²) in [7, 11) is 0. The first kappa shape index (κ1) is 25.8. The molecule has 0 radical (unpaired) electrons. The molecule has 0 amide bonds. The van der Waals surface area contributed by atoms with Gasteiger partial charge in [0, 0.05) is 11.1 Å². The van der Waals surface area contributed by atoms with Crippen molar-refractivity contribution >= 4 is 0 Å². The van der Waals surface area contributed by atoms with Crippen LogP contribution in [0.5, 0.6) is 11.5 Å². The van der Waals surface area contributed by atoms with E-state index in [1.807, 2.05) is 12.1 Å². The van der Waals surface area contributed by atoms with Crippen LogP contribution in [0.2, 0.25) is 0 Å². The molecule has 1 aromatic carbocycles. The fraction of sp³-hybridized carbons (Fsp3) is 0.692. The van der Waals surface area contributed by atoms with Gasteiger partial charge < -0.3 is 9.47 Å². The van der Waals surface area contributed by atoms with Crippen molar-refractivity contribution in [2.24, 2.45) is 11.8 Å². The second-order valence-electron chi connectivity index (χ2n) is 8.19. The number of hydrogen-bond acceptors (Lipinski definition) is 4. The predicted molar refractivity (Wildman–Crippen MR) is 123 cm³/mol. The highest BCUT2D eigenvalue weighted by Crippen LogP contribution is 2.31. The molecule has 0 saturated heterocycles. The summed E-state index contributed by atoms with van der Waals surface area (Å²) in [4.78, 5) is 0. The summed E-state index contributed by atoms with van der Waals surface area (Å²) in [5, 5.41) is 18.6. The molecule has 2 unspecified atom stereocenters. The van der Waals surface area contributed by atoms with Gasteiger partial charge in [0.15, 0.2) is 0 Å². The molecule has 1 rings (SSSR count). The predicted octanol–water partition coefficient (Wildman–Crippen LogP) is 7.01. The molecule has 0 saturated carbocycles. The van der Waals surface area contributed by atoms with Crippen LogP contribution in [0.25, 0.3) is 0 Å². The van der Waals surface area contributed by atoms with E-state index < -0.39 is 0 Å². The van der Waals surface area contributed by atoms with E-state index >= 15 is 0 Å². The lowest BCUT2D eigenvalue weighted by atomic mass is 10.00. The molecule has 0 aromatic heterocycles. The second-order valence-corrected chi connectivity index (χ2v) is 8.19. The summed E-state index contributed by atoms with van der Waals surface area (Å²) in [6, 6.07) is 8.33. The molecule has 0 N–H and O–H groups in total. The zero-order valence-corrected chi connectivity index (χ0v) is 19.5. The first-order valence-electron chi connectivity index (χ1n) is 11.8. The Morgan fingerprint density at radius 2 is 1.13 bits per heavy atom. The van der Waals surface area contributed by atoms with Crippen molar-refractivity contribution in [2.45, 2.75) is 91.9 Å². The van der Waals surface area contributed by atoms with Crippen LogP contribution in [0.3, 0.4) is 0 Å². The topological polar surface area (TPSA) is 66.0 Å². The Morgan fingerprint density at radius 3 is 1.43 bits per heavy atom. The minimum atomic E-state index is 0.275. The van der Waals surface area contributed by atoms with Gasteiger partial charge in [0.2, 0.25) is 0 Å². The molecule has 0 bridgehead atoms. The largest absolute Gasteiger partial charge is 0.493 e. The zero-order valence-electron chi connectivity index (χ0n) is 19.5. The summed E-state index contributed by atoms with van der Waals surface area (Å²) < 4.78 is 12.3. The normalized spacial score (nSPS) is 12.6. The van der Waals surface area contributed by atoms with E-state index in [0.29, 0.717) is 25.0 Å². The molecule has 0 heterocycles. The Morgan fingerprint density at radius 1 is 0.733 bits per heavy atom. The molecule has 0 aliphatic rings. The lowest BCUT2D eigenvalue weighted by Gasteiger charge is -2.20. The van der Waals surface area contributed by atoms with Crippen LogP contribution < -0.4 is 9.47 Å². The minimum absolute atomic E-state index is 0.275. The van der Waals surface area contributed by atoms with Crippen LogP contribution in [0.15, 0.2) is 12.1 Å². The minimum Gasteiger partial charge on any atom is -0.493 e. The van der Waals surface area contributed by atoms with Gasteiger partial charge in [-0.05, 0) is 36.8 Å². The van der Waals surface area contributed by atoms with Gasteiger partial charge in [0.05, 0.1) is 38.2 Å². The molecule has 0 fully saturated rings. The van der Waals surface area contributed by atoms with Crippen LogP contribution in [0.4, 0.5) is 0 Å². The quantitative estimate of drug-likeness (QED) is 0.293. The van der Waals surface area contributed by atoms with Gasteiger partial charge in [0.1, 0.15) is 11.5 Å². The number of ether oxygens (including phenoxy) is 2. The van der Waals surface area contributed by atoms with Crippen molar-refractivity contribution in [1.82, 2.24) is 0 Å². The van der Waals surface area contributed by atoms with E-state index in [-0.39, 0.29) is 12.8 Å². The van der Waals surface area contributed by atoms with Crippen molar-refractivity contribution < 1.29 is 9.47 Å². The maximum absolute atomic E-state index is 9.30. The van der Waals surface area contributed by atoms with Crippen LogP contribution in [-0.2, 0) is 12.8 Å². The maximum atomic E-state index is 9.30. The third-order valence-electron chi connectivity index (χ3n) is 5.82. The first-order valence-corrected chi connectivity index (χ1v) is 11.8. The van der Waals surface area contributed by atoms with E-state index in [1.54, 1.807) is 0 Å². The molecule has 0 aliphatic carbocycles. The Bertz CT molecular complexity index is 628. The summed E-state index contributed by atoms with van der Waals surface area (Å²) in [6.07, 6.45) is 9.80. The van der Waals surface area contributed by atoms with Gasteiger partial charge in [-0.2, -0.15) is 10.5 Å². The SMILES string of the molecule is CCCCC(CC)COc1cc(CC#N)c(OCC(CC)CCCC)cc1CC#N. The molecule has 4 heteroatoms. The third kappa shape index (κ3) is 9.08. The van der Waals surface area contributed by atoms with E-state index in [4.69, 9.17) is 9.47 Å². The van der Waals surface area contributed by atoms with Gasteiger partial charge in [-0.1, -0.05) is 66.2 Å². The standard InChI is InChI=1S/C26H40N2O2/c1-5-9-11-21(7-3)19-29-25-17-24(14-16-28)26(18-23(25)13-15-27)30-20-22(8-4)12-10-6-2/h17-18,21-22H,5-14,19-20H2,1-4H3. The summed E-state index contributed by atoms with van der Waals surface area (Å²) in [5.41, 5.74) is 1.70. The Balaban J connectivity index is 3.00. The van der Waals surface area contributed by atoms with Gasteiger partial charge in [-0.15, -0.1) is 0 Å². The number of nitriles is 2. The molecule has 1 aromatic rings. The van der Waals surface area contributed by atoms with Crippen LogP contribution in [0.1, 0.15) is 90.2 Å². The monoisotopic (exact) mass is 412 g/mol. The molecule has 4 nitrogen and oxygen atoms in total. The lowest BCUT2D eigenvalue weighted by Crippen LogP contribution is -2.14. The van der Waals surface area contributed by atoms with Crippen LogP contribution in [-0.4, -0.2) is 13.2 Å². The second kappa shape index (κ2) is 15.6. The van der Waals surface area contributed by atoms with Crippen LogP contribution >= 0.6 is 0 Å². The van der Waals surface area contributed by atoms with E-state index in [1.165, 1.54) is 25.7 Å². The van der Waals surface area contributed by atoms with Crippen molar-refractivity contribution in [1.29, 1.82) is 10.5 Å². The number of benzene rings is 1. The summed E-state index contributed by atoms with van der Waals surface area (Å²) in [6.45, 7) is 10.1. The molecular formula is C26H40N2O2. The number of nitrogens with zero attached hydrogens (tertiary/aromatic N) is 2. The molecule has 0 spiro atoms. The van der Waals surface area contributed by atoms with Crippen molar-refractivity contribution in [2.75, 3.05) is 13.2 Å². The van der Waals surface area contributed by atoms with Gasteiger partial charge >= 0.3 is 0 Å². The Hall–Kier alpha value is -2.20. The molecule has 30 heavy (non-hydrogen) atoms. The average molecular weight is 413 g/mol. The molecular weight excluding hydrogens is 372 g/mol. The highest BCUT2D eigenvalue weighted by atomic mass is 16.5. The van der Waals surface area contributed by atoms with Gasteiger partial charge in [-0.25, -0.2) is 0 Å². The molecule has 0 aliphatic heterocycles. The first-order chi connectivity index (χ1) is 14.6. The van der Waals surface area contributed by atoms with Crippen molar-refractivity contribution in [3.05, 3.63) is 23.3 Å². The van der Waals surface area contributed by atoms with E-state index in [9.17, 15) is 10.5 Å². The molecule has 166 valence electrons. The van der Waals surface area contributed by atoms with Crippen molar-refractivity contribution in [3.63, 3.8) is 0 Å². The van der Waals surface area contributed by atoms with E-state index in [0.717, 1.165) is 48.3 Å². The zero-order chi connectivity index (χ0) is 22.2. The van der Waals surface area contributed by atoms with Gasteiger partial charge in [0.25, 0.3) is 0 Å². The highest BCUT2D eigenvalue weighted by molar-refractivity contribution is 5.48. The van der Waals surface area contributed by atoms with E-state index in [2.05, 4.69) is 39.8 Å². The average Bonchev–Trinajstić information content (AvgIpc) is 2.76. The highest BCUT2D eigenvalue weighted by Gasteiger charge is 2.16. The van der Waals surface area contributed by atoms with Crippen LogP contribution in [0, 0.1) is 34.5 Å². The summed E-state index contributed by atoms with van der Waals surface area (Å²) >= 11 is 0. The lowest BCUT2D eigenvalue weighted by molar-refractivity contribution is 0.225. The maximum Gasteiger partial charge on any atom is 0.124 e. The third-order valence-corrected chi connectivity index (χ3v) is 5.82. The fourth-order valence-corrected chi connectivity index (χ4v) is 3.57. The van der Waals surface area contributed by atoms with Crippen molar-refractivity contribution in [3.8, 4) is 23.6 Å².